The molecular formula is C23H19NO2. The van der Waals surface area contributed by atoms with Gasteiger partial charge in [0.2, 0.25) is 5.91 Å². The number of amides is 1. The predicted molar refractivity (Wildman–Crippen MR) is 103 cm³/mol. The Bertz CT molecular complexity index is 934. The minimum absolute atomic E-state index is 0.0390. The van der Waals surface area contributed by atoms with Crippen LogP contribution in [0.25, 0.3) is 11.0 Å². The maximum absolute atomic E-state index is 13.0. The van der Waals surface area contributed by atoms with Gasteiger partial charge in [-0.1, -0.05) is 78.9 Å². The number of carbonyl (C=O) groups is 1. The maximum atomic E-state index is 13.0. The van der Waals surface area contributed by atoms with Crippen molar-refractivity contribution in [3.8, 4) is 0 Å². The van der Waals surface area contributed by atoms with Crippen molar-refractivity contribution in [3.05, 3.63) is 108 Å². The van der Waals surface area contributed by atoms with Gasteiger partial charge in [0.25, 0.3) is 0 Å². The van der Waals surface area contributed by atoms with Gasteiger partial charge in [-0.15, -0.1) is 0 Å². The van der Waals surface area contributed by atoms with Crippen LogP contribution < -0.4 is 5.32 Å². The summed E-state index contributed by atoms with van der Waals surface area (Å²) in [6.07, 6.45) is 0. The summed E-state index contributed by atoms with van der Waals surface area (Å²) in [5.41, 5.74) is 2.78. The summed E-state index contributed by atoms with van der Waals surface area (Å²) in [6.45, 7) is 0.365. The summed E-state index contributed by atoms with van der Waals surface area (Å²) in [7, 11) is 0. The average molecular weight is 341 g/mol. The molecule has 0 aliphatic rings. The molecule has 4 rings (SSSR count). The predicted octanol–water partition coefficient (Wildman–Crippen LogP) is 4.88. The Labute approximate surface area is 152 Å². The number of fused-ring (bicyclic) bond motifs is 1. The maximum Gasteiger partial charge on any atom is 0.232 e. The normalized spacial score (nSPS) is 11.0. The second-order valence-electron chi connectivity index (χ2n) is 6.22. The Morgan fingerprint density at radius 2 is 1.38 bits per heavy atom. The van der Waals surface area contributed by atoms with Crippen molar-refractivity contribution in [1.82, 2.24) is 5.32 Å². The summed E-state index contributed by atoms with van der Waals surface area (Å²) in [4.78, 5) is 13.0. The van der Waals surface area contributed by atoms with E-state index >= 15 is 0 Å². The largest absolute Gasteiger partial charge is 0.459 e. The molecule has 0 aliphatic carbocycles. The second kappa shape index (κ2) is 7.28. The van der Waals surface area contributed by atoms with Crippen molar-refractivity contribution in [2.75, 3.05) is 0 Å². The zero-order valence-electron chi connectivity index (χ0n) is 14.3. The van der Waals surface area contributed by atoms with Crippen molar-refractivity contribution in [2.24, 2.45) is 0 Å². The number of rotatable bonds is 5. The van der Waals surface area contributed by atoms with Gasteiger partial charge in [0.1, 0.15) is 11.3 Å². The number of para-hydroxylation sites is 1. The zero-order valence-corrected chi connectivity index (χ0v) is 14.3. The smallest absolute Gasteiger partial charge is 0.232 e. The fourth-order valence-corrected chi connectivity index (χ4v) is 3.19. The van der Waals surface area contributed by atoms with E-state index in [0.29, 0.717) is 6.54 Å². The number of furan rings is 1. The number of carbonyl (C=O) groups excluding carboxylic acids is 1. The van der Waals surface area contributed by atoms with Gasteiger partial charge in [-0.3, -0.25) is 4.79 Å². The van der Waals surface area contributed by atoms with Crippen LogP contribution in [0.2, 0.25) is 0 Å². The molecule has 26 heavy (non-hydrogen) atoms. The molecule has 1 aromatic heterocycles. The Kier molecular flexibility index (Phi) is 4.52. The number of hydrogen-bond acceptors (Lipinski definition) is 2. The molecule has 0 aliphatic heterocycles. The lowest BCUT2D eigenvalue weighted by atomic mass is 9.90. The van der Waals surface area contributed by atoms with Crippen molar-refractivity contribution in [2.45, 2.75) is 12.5 Å². The first-order valence-electron chi connectivity index (χ1n) is 8.66. The van der Waals surface area contributed by atoms with Crippen LogP contribution in [-0.2, 0) is 11.3 Å². The Balaban J connectivity index is 1.56. The van der Waals surface area contributed by atoms with Crippen molar-refractivity contribution in [1.29, 1.82) is 0 Å². The van der Waals surface area contributed by atoms with Gasteiger partial charge in [0, 0.05) is 5.39 Å². The van der Waals surface area contributed by atoms with Crippen LogP contribution in [0.5, 0.6) is 0 Å². The minimum atomic E-state index is -0.346. The topological polar surface area (TPSA) is 42.2 Å². The van der Waals surface area contributed by atoms with Crippen LogP contribution in [0, 0.1) is 0 Å². The van der Waals surface area contributed by atoms with Gasteiger partial charge < -0.3 is 9.73 Å². The van der Waals surface area contributed by atoms with E-state index in [9.17, 15) is 4.79 Å². The summed E-state index contributed by atoms with van der Waals surface area (Å²) >= 11 is 0. The summed E-state index contributed by atoms with van der Waals surface area (Å²) in [5.74, 6) is 0.365. The van der Waals surface area contributed by atoms with E-state index in [4.69, 9.17) is 4.42 Å². The molecule has 0 saturated heterocycles. The lowest BCUT2D eigenvalue weighted by Crippen LogP contribution is -2.29. The lowest BCUT2D eigenvalue weighted by Gasteiger charge is -2.17. The van der Waals surface area contributed by atoms with E-state index in [1.165, 1.54) is 0 Å². The summed E-state index contributed by atoms with van der Waals surface area (Å²) in [5, 5.41) is 4.07. The van der Waals surface area contributed by atoms with E-state index in [0.717, 1.165) is 27.9 Å². The van der Waals surface area contributed by atoms with E-state index in [-0.39, 0.29) is 11.8 Å². The number of hydrogen-bond donors (Lipinski definition) is 1. The highest BCUT2D eigenvalue weighted by atomic mass is 16.3. The van der Waals surface area contributed by atoms with E-state index < -0.39 is 0 Å². The minimum Gasteiger partial charge on any atom is -0.459 e. The van der Waals surface area contributed by atoms with Gasteiger partial charge in [0.05, 0.1) is 12.5 Å². The third-order valence-corrected chi connectivity index (χ3v) is 4.44. The highest BCUT2D eigenvalue weighted by Gasteiger charge is 2.22. The molecule has 0 unspecified atom stereocenters. The average Bonchev–Trinajstić information content (AvgIpc) is 3.11. The first-order chi connectivity index (χ1) is 12.8. The third kappa shape index (κ3) is 3.38. The number of nitrogens with one attached hydrogen (secondary N) is 1. The molecule has 3 heteroatoms. The second-order valence-corrected chi connectivity index (χ2v) is 6.22. The molecular weight excluding hydrogens is 322 g/mol. The highest BCUT2D eigenvalue weighted by molar-refractivity contribution is 5.87. The molecule has 1 N–H and O–H groups in total. The van der Waals surface area contributed by atoms with Crippen molar-refractivity contribution < 1.29 is 9.21 Å². The van der Waals surface area contributed by atoms with Crippen LogP contribution in [0.3, 0.4) is 0 Å². The van der Waals surface area contributed by atoms with E-state index in [1.54, 1.807) is 0 Å². The Morgan fingerprint density at radius 3 is 2.00 bits per heavy atom. The molecule has 1 heterocycles. The van der Waals surface area contributed by atoms with Crippen LogP contribution in [0.4, 0.5) is 0 Å². The first kappa shape index (κ1) is 16.2. The van der Waals surface area contributed by atoms with Crippen LogP contribution in [0.1, 0.15) is 22.8 Å². The molecule has 0 radical (unpaired) electrons. The highest BCUT2D eigenvalue weighted by Crippen LogP contribution is 2.25. The molecule has 0 spiro atoms. The molecule has 0 bridgehead atoms. The molecule has 0 saturated carbocycles. The Hall–Kier alpha value is -3.33. The van der Waals surface area contributed by atoms with Crippen LogP contribution in [-0.4, -0.2) is 5.91 Å². The van der Waals surface area contributed by atoms with E-state index in [1.807, 2.05) is 91.0 Å². The van der Waals surface area contributed by atoms with Crippen LogP contribution in [0.15, 0.2) is 95.4 Å². The first-order valence-corrected chi connectivity index (χ1v) is 8.66. The van der Waals surface area contributed by atoms with Crippen molar-refractivity contribution in [3.63, 3.8) is 0 Å². The zero-order chi connectivity index (χ0) is 17.8. The van der Waals surface area contributed by atoms with Crippen molar-refractivity contribution >= 4 is 16.9 Å². The fourth-order valence-electron chi connectivity index (χ4n) is 3.19. The lowest BCUT2D eigenvalue weighted by molar-refractivity contribution is -0.121. The quantitative estimate of drug-likeness (QED) is 0.562. The number of benzene rings is 3. The molecule has 1 amide bonds. The third-order valence-electron chi connectivity index (χ3n) is 4.44. The van der Waals surface area contributed by atoms with Gasteiger partial charge in [-0.2, -0.15) is 0 Å². The summed E-state index contributed by atoms with van der Waals surface area (Å²) < 4.78 is 5.79. The SMILES string of the molecule is O=C(NCc1cc2ccccc2o1)C(c1ccccc1)c1ccccc1. The van der Waals surface area contributed by atoms with Gasteiger partial charge in [0.15, 0.2) is 0 Å². The van der Waals surface area contributed by atoms with Crippen LogP contribution >= 0.6 is 0 Å². The molecule has 4 aromatic rings. The molecule has 0 fully saturated rings. The molecule has 3 aromatic carbocycles. The summed E-state index contributed by atoms with van der Waals surface area (Å²) in [6, 6.07) is 29.5. The fraction of sp³-hybridized carbons (Fsp3) is 0.0870. The standard InChI is InChI=1S/C23H19NO2/c25-23(24-16-20-15-19-13-7-8-14-21(19)26-20)22(17-9-3-1-4-10-17)18-11-5-2-6-12-18/h1-15,22H,16H2,(H,24,25). The molecule has 128 valence electrons. The van der Waals surface area contributed by atoms with Gasteiger partial charge >= 0.3 is 0 Å². The Morgan fingerprint density at radius 1 is 0.808 bits per heavy atom. The van der Waals surface area contributed by atoms with Gasteiger partial charge in [-0.05, 0) is 23.3 Å². The molecule has 3 nitrogen and oxygen atoms in total. The van der Waals surface area contributed by atoms with E-state index in [2.05, 4.69) is 5.32 Å². The van der Waals surface area contributed by atoms with Gasteiger partial charge in [-0.25, -0.2) is 0 Å². The molecule has 0 atom stereocenters. The monoisotopic (exact) mass is 341 g/mol.